The lowest BCUT2D eigenvalue weighted by molar-refractivity contribution is 0.0204. The molecule has 0 bridgehead atoms. The molecular formula is C27H31N7O3S. The fraction of sp³-hybridized carbons (Fsp3) is 0.444. The molecule has 0 saturated carbocycles. The molecule has 1 aromatic carbocycles. The van der Waals surface area contributed by atoms with E-state index in [1.165, 1.54) is 11.3 Å². The van der Waals surface area contributed by atoms with Gasteiger partial charge in [0.1, 0.15) is 10.5 Å². The van der Waals surface area contributed by atoms with Crippen molar-refractivity contribution in [2.45, 2.75) is 58.1 Å². The summed E-state index contributed by atoms with van der Waals surface area (Å²) in [4.78, 5) is 32.4. The molecule has 2 N–H and O–H groups in total. The molecule has 11 heteroatoms. The molecule has 198 valence electrons. The molecule has 2 aliphatic heterocycles. The third-order valence-corrected chi connectivity index (χ3v) is 8.14. The maximum absolute atomic E-state index is 12.7. The largest absolute Gasteiger partial charge is 0.444 e. The lowest BCUT2D eigenvalue weighted by atomic mass is 9.94. The molecule has 1 saturated heterocycles. The van der Waals surface area contributed by atoms with Crippen molar-refractivity contribution in [2.75, 3.05) is 25.0 Å². The maximum atomic E-state index is 12.7. The Morgan fingerprint density at radius 1 is 1.16 bits per heavy atom. The molecule has 0 unspecified atom stereocenters. The Morgan fingerprint density at radius 3 is 2.71 bits per heavy atom. The summed E-state index contributed by atoms with van der Waals surface area (Å²) in [5.41, 5.74) is 2.12. The second-order valence-corrected chi connectivity index (χ2v) is 12.1. The quantitative estimate of drug-likeness (QED) is 0.384. The van der Waals surface area contributed by atoms with E-state index in [1.807, 2.05) is 58.2 Å². The first-order valence-electron chi connectivity index (χ1n) is 13.0. The van der Waals surface area contributed by atoms with Gasteiger partial charge < -0.3 is 20.3 Å². The van der Waals surface area contributed by atoms with Crippen LogP contribution < -0.4 is 10.6 Å². The van der Waals surface area contributed by atoms with Gasteiger partial charge in [-0.3, -0.25) is 4.79 Å². The Balaban J connectivity index is 1.23. The van der Waals surface area contributed by atoms with Crippen LogP contribution in [0.1, 0.15) is 61.8 Å². The summed E-state index contributed by atoms with van der Waals surface area (Å²) in [7, 11) is 0. The SMILES string of the molecule is C[C@@H]1CNc2c(sc3ccc4nc(-n5cc(C6CCN(C(=O)OC(C)(C)C)CC6)nn5)ccc4c23)C(=O)N1. The minimum absolute atomic E-state index is 0.0384. The van der Waals surface area contributed by atoms with Crippen LogP contribution in [0.2, 0.25) is 0 Å². The van der Waals surface area contributed by atoms with E-state index in [9.17, 15) is 9.59 Å². The highest BCUT2D eigenvalue weighted by Crippen LogP contribution is 2.41. The Morgan fingerprint density at radius 2 is 1.95 bits per heavy atom. The molecule has 10 nitrogen and oxygen atoms in total. The minimum atomic E-state index is -0.499. The molecule has 1 fully saturated rings. The second-order valence-electron chi connectivity index (χ2n) is 11.1. The predicted molar refractivity (Wildman–Crippen MR) is 147 cm³/mol. The van der Waals surface area contributed by atoms with Crippen LogP contribution in [-0.4, -0.2) is 68.2 Å². The number of benzene rings is 1. The molecular weight excluding hydrogens is 502 g/mol. The van der Waals surface area contributed by atoms with Gasteiger partial charge in [-0.25, -0.2) is 14.5 Å². The predicted octanol–water partition coefficient (Wildman–Crippen LogP) is 4.69. The summed E-state index contributed by atoms with van der Waals surface area (Å²) < 4.78 is 8.27. The first-order chi connectivity index (χ1) is 18.2. The molecule has 0 aliphatic carbocycles. The first kappa shape index (κ1) is 24.6. The van der Waals surface area contributed by atoms with Crippen molar-refractivity contribution in [3.63, 3.8) is 0 Å². The number of likely N-dealkylation sites (tertiary alicyclic amines) is 1. The van der Waals surface area contributed by atoms with E-state index in [-0.39, 0.29) is 24.0 Å². The number of piperidine rings is 1. The Labute approximate surface area is 224 Å². The number of aromatic nitrogens is 4. The number of hydrogen-bond acceptors (Lipinski definition) is 8. The molecule has 2 aliphatic rings. The third kappa shape index (κ3) is 4.55. The summed E-state index contributed by atoms with van der Waals surface area (Å²) in [6, 6.07) is 8.05. The van der Waals surface area contributed by atoms with Gasteiger partial charge in [-0.2, -0.15) is 0 Å². The van der Waals surface area contributed by atoms with E-state index in [4.69, 9.17) is 9.72 Å². The first-order valence-corrected chi connectivity index (χ1v) is 13.8. The van der Waals surface area contributed by atoms with Crippen LogP contribution in [0.3, 0.4) is 0 Å². The van der Waals surface area contributed by atoms with Crippen LogP contribution in [-0.2, 0) is 4.74 Å². The van der Waals surface area contributed by atoms with E-state index in [1.54, 1.807) is 9.58 Å². The Kier molecular flexibility index (Phi) is 5.97. The monoisotopic (exact) mass is 533 g/mol. The molecule has 2 amide bonds. The average molecular weight is 534 g/mol. The topological polar surface area (TPSA) is 114 Å². The van der Waals surface area contributed by atoms with Crippen molar-refractivity contribution in [3.8, 4) is 5.82 Å². The number of carbonyl (C=O) groups is 2. The van der Waals surface area contributed by atoms with Gasteiger partial charge in [0.2, 0.25) is 0 Å². The number of anilines is 1. The van der Waals surface area contributed by atoms with Crippen LogP contribution in [0.5, 0.6) is 0 Å². The van der Waals surface area contributed by atoms with Gasteiger partial charge in [-0.05, 0) is 64.8 Å². The summed E-state index contributed by atoms with van der Waals surface area (Å²) in [6.07, 6.45) is 3.29. The van der Waals surface area contributed by atoms with Gasteiger partial charge in [0.15, 0.2) is 5.82 Å². The Hall–Kier alpha value is -3.73. The van der Waals surface area contributed by atoms with E-state index >= 15 is 0 Å². The fourth-order valence-corrected chi connectivity index (χ4v) is 6.20. The molecule has 1 atom stereocenters. The molecule has 0 radical (unpaired) electrons. The van der Waals surface area contributed by atoms with Gasteiger partial charge in [-0.1, -0.05) is 5.21 Å². The highest BCUT2D eigenvalue weighted by molar-refractivity contribution is 7.21. The zero-order valence-electron chi connectivity index (χ0n) is 21.9. The zero-order chi connectivity index (χ0) is 26.6. The highest BCUT2D eigenvalue weighted by atomic mass is 32.1. The van der Waals surface area contributed by atoms with E-state index in [0.717, 1.165) is 45.2 Å². The number of pyridine rings is 1. The zero-order valence-corrected chi connectivity index (χ0v) is 22.8. The number of nitrogens with zero attached hydrogens (tertiary/aromatic N) is 5. The number of thiophene rings is 1. The fourth-order valence-electron chi connectivity index (χ4n) is 5.10. The molecule has 4 aromatic rings. The maximum Gasteiger partial charge on any atom is 0.410 e. The third-order valence-electron chi connectivity index (χ3n) is 6.99. The lowest BCUT2D eigenvalue weighted by Gasteiger charge is -2.32. The van der Waals surface area contributed by atoms with Crippen LogP contribution in [0.25, 0.3) is 26.8 Å². The number of ether oxygens (including phenoxy) is 1. The second kappa shape index (κ2) is 9.23. The number of hydrogen-bond donors (Lipinski definition) is 2. The van der Waals surface area contributed by atoms with Crippen molar-refractivity contribution in [1.82, 2.24) is 30.2 Å². The number of nitrogens with one attached hydrogen (secondary N) is 2. The van der Waals surface area contributed by atoms with Crippen molar-refractivity contribution in [2.24, 2.45) is 0 Å². The van der Waals surface area contributed by atoms with Crippen LogP contribution >= 0.6 is 11.3 Å². The van der Waals surface area contributed by atoms with Crippen molar-refractivity contribution in [3.05, 3.63) is 41.0 Å². The van der Waals surface area contributed by atoms with Crippen LogP contribution in [0.15, 0.2) is 30.5 Å². The number of rotatable bonds is 2. The van der Waals surface area contributed by atoms with Crippen LogP contribution in [0, 0.1) is 0 Å². The van der Waals surface area contributed by atoms with Gasteiger partial charge in [-0.15, -0.1) is 16.4 Å². The van der Waals surface area contributed by atoms with Gasteiger partial charge in [0.05, 0.1) is 23.1 Å². The van der Waals surface area contributed by atoms with Gasteiger partial charge in [0, 0.05) is 47.1 Å². The van der Waals surface area contributed by atoms with Gasteiger partial charge in [0.25, 0.3) is 5.91 Å². The molecule has 0 spiro atoms. The summed E-state index contributed by atoms with van der Waals surface area (Å²) >= 11 is 1.50. The van der Waals surface area contributed by atoms with Crippen molar-refractivity contribution in [1.29, 1.82) is 0 Å². The number of carbonyl (C=O) groups excluding carboxylic acids is 2. The van der Waals surface area contributed by atoms with E-state index < -0.39 is 5.60 Å². The van der Waals surface area contributed by atoms with Crippen molar-refractivity contribution >= 4 is 50.0 Å². The number of fused-ring (bicyclic) bond motifs is 5. The van der Waals surface area contributed by atoms with Gasteiger partial charge >= 0.3 is 6.09 Å². The molecule has 5 heterocycles. The summed E-state index contributed by atoms with van der Waals surface area (Å²) in [5.74, 6) is 0.870. The highest BCUT2D eigenvalue weighted by Gasteiger charge is 2.29. The van der Waals surface area contributed by atoms with E-state index in [2.05, 4.69) is 20.9 Å². The average Bonchev–Trinajstić information content (AvgIpc) is 3.49. The van der Waals surface area contributed by atoms with E-state index in [0.29, 0.717) is 30.3 Å². The molecule has 6 rings (SSSR count). The molecule has 3 aromatic heterocycles. The molecule has 38 heavy (non-hydrogen) atoms. The normalized spacial score (nSPS) is 18.7. The minimum Gasteiger partial charge on any atom is -0.444 e. The summed E-state index contributed by atoms with van der Waals surface area (Å²) in [5, 5.41) is 17.3. The standard InChI is InChI=1S/C27H31N7O3S/c1-15-13-28-23-22-17-5-8-21(30-18(17)6-7-20(22)38-24(23)25(35)29-15)34-14-19(31-32-34)16-9-11-33(12-10-16)26(36)37-27(2,3)4/h5-8,14-16,28H,9-13H2,1-4H3,(H,29,35)/t15-/m1/s1. The van der Waals surface area contributed by atoms with Crippen LogP contribution in [0.4, 0.5) is 10.5 Å². The summed E-state index contributed by atoms with van der Waals surface area (Å²) in [6.45, 7) is 9.57. The Bertz CT molecular complexity index is 1550. The smallest absolute Gasteiger partial charge is 0.410 e. The number of amides is 2. The lowest BCUT2D eigenvalue weighted by Crippen LogP contribution is -2.41. The van der Waals surface area contributed by atoms with Crippen molar-refractivity contribution < 1.29 is 14.3 Å².